The van der Waals surface area contributed by atoms with Gasteiger partial charge in [0.1, 0.15) is 5.75 Å². The van der Waals surface area contributed by atoms with Crippen molar-refractivity contribution in [1.29, 1.82) is 0 Å². The molecule has 8 heteroatoms. The highest BCUT2D eigenvalue weighted by Gasteiger charge is 2.18. The first-order valence-corrected chi connectivity index (χ1v) is 5.38. The number of rotatable bonds is 4. The zero-order valence-corrected chi connectivity index (χ0v) is 10.9. The maximum Gasteiger partial charge on any atom is 0.241 e. The molecule has 2 aromatic rings. The fourth-order valence-electron chi connectivity index (χ4n) is 1.69. The second-order valence-electron chi connectivity index (χ2n) is 3.66. The maximum absolute atomic E-state index is 5.76. The number of ether oxygens (including phenoxy) is 3. The van der Waals surface area contributed by atoms with Crippen molar-refractivity contribution in [2.24, 2.45) is 0 Å². The van der Waals surface area contributed by atoms with Crippen LogP contribution in [0, 0.1) is 0 Å². The summed E-state index contributed by atoms with van der Waals surface area (Å²) in [5, 5.41) is 7.62. The average molecular weight is 265 g/mol. The predicted octanol–water partition coefficient (Wildman–Crippen LogP) is 0.267. The van der Waals surface area contributed by atoms with Gasteiger partial charge in [0.15, 0.2) is 17.3 Å². The van der Waals surface area contributed by atoms with Crippen LogP contribution in [0.5, 0.6) is 17.2 Å². The highest BCUT2D eigenvalue weighted by molar-refractivity contribution is 5.70. The molecule has 8 nitrogen and oxygen atoms in total. The first-order chi connectivity index (χ1) is 9.12. The van der Waals surface area contributed by atoms with Crippen LogP contribution in [0.25, 0.3) is 11.4 Å². The number of nitrogens with zero attached hydrogens (tertiary/aromatic N) is 3. The molecule has 0 aliphatic heterocycles. The third kappa shape index (κ3) is 2.07. The van der Waals surface area contributed by atoms with Gasteiger partial charge in [-0.25, -0.2) is 4.68 Å². The molecule has 0 radical (unpaired) electrons. The topological polar surface area (TPSA) is 110 Å². The molecule has 4 N–H and O–H groups in total. The third-order valence-corrected chi connectivity index (χ3v) is 2.67. The number of nitrogens with two attached hydrogens (primary N) is 2. The van der Waals surface area contributed by atoms with E-state index >= 15 is 0 Å². The minimum atomic E-state index is 0.104. The Morgan fingerprint density at radius 1 is 0.947 bits per heavy atom. The van der Waals surface area contributed by atoms with Gasteiger partial charge < -0.3 is 25.8 Å². The molecule has 0 unspecified atom stereocenters. The summed E-state index contributed by atoms with van der Waals surface area (Å²) in [5.41, 5.74) is 6.17. The fraction of sp³-hybridized carbons (Fsp3) is 0.273. The van der Waals surface area contributed by atoms with Crippen LogP contribution in [-0.4, -0.2) is 36.2 Å². The number of anilines is 1. The zero-order valence-electron chi connectivity index (χ0n) is 10.9. The molecule has 1 heterocycles. The molecule has 0 fully saturated rings. The van der Waals surface area contributed by atoms with Crippen LogP contribution in [0.1, 0.15) is 0 Å². The molecule has 0 saturated carbocycles. The van der Waals surface area contributed by atoms with Crippen molar-refractivity contribution in [3.63, 3.8) is 0 Å². The molecule has 0 atom stereocenters. The molecule has 0 spiro atoms. The van der Waals surface area contributed by atoms with Gasteiger partial charge in [-0.2, -0.15) is 0 Å². The van der Waals surface area contributed by atoms with E-state index in [1.165, 1.54) is 18.9 Å². The van der Waals surface area contributed by atoms with Crippen molar-refractivity contribution in [3.8, 4) is 28.6 Å². The first-order valence-electron chi connectivity index (χ1n) is 5.38. The second-order valence-corrected chi connectivity index (χ2v) is 3.66. The van der Waals surface area contributed by atoms with Crippen LogP contribution in [0.3, 0.4) is 0 Å². The van der Waals surface area contributed by atoms with Crippen molar-refractivity contribution in [3.05, 3.63) is 12.1 Å². The number of aromatic nitrogens is 3. The summed E-state index contributed by atoms with van der Waals surface area (Å²) in [6, 6.07) is 3.38. The Bertz CT molecular complexity index is 596. The summed E-state index contributed by atoms with van der Waals surface area (Å²) in [4.78, 5) is 0. The molecule has 0 bridgehead atoms. The summed E-state index contributed by atoms with van der Waals surface area (Å²) < 4.78 is 16.9. The van der Waals surface area contributed by atoms with Crippen LogP contribution in [0.4, 0.5) is 5.95 Å². The molecule has 2 rings (SSSR count). The van der Waals surface area contributed by atoms with Crippen LogP contribution in [0.2, 0.25) is 0 Å². The third-order valence-electron chi connectivity index (χ3n) is 2.67. The molecule has 0 saturated heterocycles. The number of nitrogen functional groups attached to an aromatic ring is 2. The monoisotopic (exact) mass is 265 g/mol. The van der Waals surface area contributed by atoms with E-state index in [0.717, 1.165) is 0 Å². The highest BCUT2D eigenvalue weighted by atomic mass is 16.5. The Hall–Kier alpha value is -2.64. The lowest BCUT2D eigenvalue weighted by atomic mass is 10.1. The van der Waals surface area contributed by atoms with Gasteiger partial charge in [0.2, 0.25) is 5.95 Å². The van der Waals surface area contributed by atoms with Crippen molar-refractivity contribution in [2.75, 3.05) is 32.9 Å². The van der Waals surface area contributed by atoms with Crippen LogP contribution in [-0.2, 0) is 0 Å². The first kappa shape index (κ1) is 12.8. The molecule has 0 aliphatic carbocycles. The fourth-order valence-corrected chi connectivity index (χ4v) is 1.69. The van der Waals surface area contributed by atoms with Gasteiger partial charge >= 0.3 is 0 Å². The highest BCUT2D eigenvalue weighted by Crippen LogP contribution is 2.39. The summed E-state index contributed by atoms with van der Waals surface area (Å²) >= 11 is 0. The van der Waals surface area contributed by atoms with Crippen molar-refractivity contribution in [2.45, 2.75) is 0 Å². The van der Waals surface area contributed by atoms with Crippen LogP contribution >= 0.6 is 0 Å². The van der Waals surface area contributed by atoms with Crippen molar-refractivity contribution in [1.82, 2.24) is 14.9 Å². The molecule has 1 aromatic heterocycles. The van der Waals surface area contributed by atoms with Gasteiger partial charge in [-0.05, 0) is 6.07 Å². The van der Waals surface area contributed by atoms with Crippen molar-refractivity contribution < 1.29 is 14.2 Å². The Morgan fingerprint density at radius 2 is 1.53 bits per heavy atom. The minimum absolute atomic E-state index is 0.104. The number of methoxy groups -OCH3 is 3. The molecule has 0 amide bonds. The van der Waals surface area contributed by atoms with Gasteiger partial charge in [0.25, 0.3) is 0 Å². The smallest absolute Gasteiger partial charge is 0.241 e. The minimum Gasteiger partial charge on any atom is -0.496 e. The van der Waals surface area contributed by atoms with E-state index in [1.54, 1.807) is 19.2 Å². The van der Waals surface area contributed by atoms with Gasteiger partial charge in [-0.1, -0.05) is 0 Å². The van der Waals surface area contributed by atoms with E-state index in [2.05, 4.69) is 10.2 Å². The van der Waals surface area contributed by atoms with E-state index < -0.39 is 0 Å². The lowest BCUT2D eigenvalue weighted by Gasteiger charge is -2.13. The lowest BCUT2D eigenvalue weighted by Crippen LogP contribution is -2.13. The SMILES string of the molecule is COc1cc(OC)c(-c2nnc(N)n2N)cc1OC. The van der Waals surface area contributed by atoms with Crippen LogP contribution < -0.4 is 25.8 Å². The number of benzene rings is 1. The number of hydrogen-bond acceptors (Lipinski definition) is 7. The van der Waals surface area contributed by atoms with E-state index in [-0.39, 0.29) is 5.95 Å². The Kier molecular flexibility index (Phi) is 3.32. The standard InChI is InChI=1S/C11H15N5O3/c1-17-7-5-9(19-3)8(18-2)4-6(7)10-14-15-11(12)16(10)13/h4-5H,13H2,1-3H3,(H2,12,15). The molecule has 0 aliphatic rings. The predicted molar refractivity (Wildman–Crippen MR) is 69.7 cm³/mol. The number of hydrogen-bond donors (Lipinski definition) is 2. The molecular formula is C11H15N5O3. The van der Waals surface area contributed by atoms with Crippen molar-refractivity contribution >= 4 is 5.95 Å². The maximum atomic E-state index is 5.76. The Balaban J connectivity index is 2.65. The summed E-state index contributed by atoms with van der Waals surface area (Å²) in [5.74, 6) is 7.83. The van der Waals surface area contributed by atoms with E-state index in [0.29, 0.717) is 28.6 Å². The van der Waals surface area contributed by atoms with Gasteiger partial charge in [-0.15, -0.1) is 10.2 Å². The molecule has 19 heavy (non-hydrogen) atoms. The molecule has 1 aromatic carbocycles. The Morgan fingerprint density at radius 3 is 2.00 bits per heavy atom. The van der Waals surface area contributed by atoms with E-state index in [1.807, 2.05) is 0 Å². The Labute approximate surface area is 109 Å². The largest absolute Gasteiger partial charge is 0.496 e. The normalized spacial score (nSPS) is 10.3. The van der Waals surface area contributed by atoms with Gasteiger partial charge in [0.05, 0.1) is 26.9 Å². The summed E-state index contributed by atoms with van der Waals surface area (Å²) in [6.07, 6.45) is 0. The summed E-state index contributed by atoms with van der Waals surface area (Å²) in [6.45, 7) is 0. The second kappa shape index (κ2) is 4.92. The average Bonchev–Trinajstić information content (AvgIpc) is 2.77. The lowest BCUT2D eigenvalue weighted by molar-refractivity contribution is 0.349. The zero-order chi connectivity index (χ0) is 14.0. The summed E-state index contributed by atoms with van der Waals surface area (Å²) in [7, 11) is 4.61. The van der Waals surface area contributed by atoms with E-state index in [4.69, 9.17) is 25.8 Å². The van der Waals surface area contributed by atoms with Gasteiger partial charge in [-0.3, -0.25) is 0 Å². The van der Waals surface area contributed by atoms with E-state index in [9.17, 15) is 0 Å². The molecule has 102 valence electrons. The quantitative estimate of drug-likeness (QED) is 0.763. The van der Waals surface area contributed by atoms with Crippen LogP contribution in [0.15, 0.2) is 12.1 Å². The molecular weight excluding hydrogens is 250 g/mol. The van der Waals surface area contributed by atoms with Gasteiger partial charge in [0, 0.05) is 6.07 Å².